The van der Waals surface area contributed by atoms with Crippen LogP contribution in [0, 0.1) is 0 Å². The summed E-state index contributed by atoms with van der Waals surface area (Å²) in [7, 11) is 0. The van der Waals surface area contributed by atoms with E-state index >= 15 is 0 Å². The number of hydrogen-bond acceptors (Lipinski definition) is 3. The summed E-state index contributed by atoms with van der Waals surface area (Å²) in [6.45, 7) is 9.68. The van der Waals surface area contributed by atoms with Gasteiger partial charge in [-0.3, -0.25) is 4.90 Å². The predicted octanol–water partition coefficient (Wildman–Crippen LogP) is 3.42. The molecule has 1 atom stereocenters. The Bertz CT molecular complexity index is 378. The topological polar surface area (TPSA) is 38.8 Å². The van der Waals surface area contributed by atoms with Gasteiger partial charge in [-0.1, -0.05) is 15.9 Å². The molecule has 0 unspecified atom stereocenters. The van der Waals surface area contributed by atoms with Gasteiger partial charge in [-0.25, -0.2) is 4.79 Å². The first-order valence-electron chi connectivity index (χ1n) is 5.85. The molecule has 1 saturated heterocycles. The summed E-state index contributed by atoms with van der Waals surface area (Å²) in [5.74, 6) is 0. The average Bonchev–Trinajstić information content (AvgIpc) is 2.48. The van der Waals surface area contributed by atoms with Crippen LogP contribution in [0.15, 0.2) is 16.8 Å². The van der Waals surface area contributed by atoms with Crippen molar-refractivity contribution < 1.29 is 14.3 Å². The van der Waals surface area contributed by atoms with E-state index in [0.29, 0.717) is 6.61 Å². The fourth-order valence-electron chi connectivity index (χ4n) is 1.77. The molecule has 1 heterocycles. The summed E-state index contributed by atoms with van der Waals surface area (Å²) >= 11 is 3.15. The van der Waals surface area contributed by atoms with Gasteiger partial charge in [0.1, 0.15) is 11.3 Å². The Morgan fingerprint density at radius 2 is 2.17 bits per heavy atom. The van der Waals surface area contributed by atoms with Crippen LogP contribution in [-0.4, -0.2) is 35.0 Å². The largest absolute Gasteiger partial charge is 0.444 e. The lowest BCUT2D eigenvalue weighted by Crippen LogP contribution is -2.49. The van der Waals surface area contributed by atoms with E-state index in [1.54, 1.807) is 16.0 Å². The van der Waals surface area contributed by atoms with Crippen molar-refractivity contribution in [2.45, 2.75) is 52.0 Å². The maximum atomic E-state index is 12.2. The zero-order chi connectivity index (χ0) is 14.0. The first-order valence-corrected chi connectivity index (χ1v) is 6.76. The minimum atomic E-state index is -0.669. The van der Waals surface area contributed by atoms with E-state index in [2.05, 4.69) is 21.7 Å². The van der Waals surface area contributed by atoms with E-state index in [4.69, 9.17) is 9.47 Å². The summed E-state index contributed by atoms with van der Waals surface area (Å²) in [6, 6.07) is -0.163. The van der Waals surface area contributed by atoms with Gasteiger partial charge in [0.05, 0.1) is 12.6 Å². The van der Waals surface area contributed by atoms with Crippen LogP contribution in [0.3, 0.4) is 0 Å². The van der Waals surface area contributed by atoms with Crippen LogP contribution in [0.25, 0.3) is 0 Å². The highest BCUT2D eigenvalue weighted by atomic mass is 79.9. The Morgan fingerprint density at radius 1 is 1.56 bits per heavy atom. The SMILES string of the molecule is CC(C)(C)OC(=O)N1[C@H](C=C=CBr)COC1(C)C. The molecule has 0 radical (unpaired) electrons. The van der Waals surface area contributed by atoms with Gasteiger partial charge in [0.2, 0.25) is 0 Å². The van der Waals surface area contributed by atoms with Crippen LogP contribution in [0.5, 0.6) is 0 Å². The van der Waals surface area contributed by atoms with Crippen molar-refractivity contribution in [3.8, 4) is 0 Å². The molecular weight excluding hydrogens is 298 g/mol. The lowest BCUT2D eigenvalue weighted by atomic mass is 10.2. The zero-order valence-corrected chi connectivity index (χ0v) is 13.1. The molecule has 1 aliphatic heterocycles. The van der Waals surface area contributed by atoms with Gasteiger partial charge >= 0.3 is 6.09 Å². The van der Waals surface area contributed by atoms with Crippen molar-refractivity contribution in [1.82, 2.24) is 4.90 Å². The molecule has 1 aliphatic rings. The molecule has 0 spiro atoms. The highest BCUT2D eigenvalue weighted by Crippen LogP contribution is 2.29. The summed E-state index contributed by atoms with van der Waals surface area (Å²) in [5, 5.41) is 0. The number of carbonyl (C=O) groups excluding carboxylic acids is 1. The molecule has 1 fully saturated rings. The van der Waals surface area contributed by atoms with Crippen molar-refractivity contribution in [1.29, 1.82) is 0 Å². The second-order valence-electron chi connectivity index (χ2n) is 5.62. The van der Waals surface area contributed by atoms with Gasteiger partial charge in [0.15, 0.2) is 0 Å². The normalized spacial score (nSPS) is 22.3. The maximum absolute atomic E-state index is 12.2. The van der Waals surface area contributed by atoms with Crippen LogP contribution in [-0.2, 0) is 9.47 Å². The third-order valence-corrected chi connectivity index (χ3v) is 2.73. The van der Waals surface area contributed by atoms with Crippen LogP contribution in [0.2, 0.25) is 0 Å². The molecule has 0 aromatic rings. The number of rotatable bonds is 1. The van der Waals surface area contributed by atoms with Gasteiger partial charge in [-0.2, -0.15) is 0 Å². The highest BCUT2D eigenvalue weighted by Gasteiger charge is 2.44. The summed E-state index contributed by atoms with van der Waals surface area (Å²) in [6.07, 6.45) is 1.41. The molecule has 0 aromatic carbocycles. The Morgan fingerprint density at radius 3 is 2.67 bits per heavy atom. The number of nitrogens with zero attached hydrogens (tertiary/aromatic N) is 1. The molecule has 0 aliphatic carbocycles. The van der Waals surface area contributed by atoms with Gasteiger partial charge in [0, 0.05) is 4.99 Å². The van der Waals surface area contributed by atoms with Crippen LogP contribution < -0.4 is 0 Å². The van der Waals surface area contributed by atoms with Crippen LogP contribution >= 0.6 is 15.9 Å². The van der Waals surface area contributed by atoms with Gasteiger partial charge in [-0.15, -0.1) is 5.73 Å². The minimum absolute atomic E-state index is 0.163. The minimum Gasteiger partial charge on any atom is -0.444 e. The van der Waals surface area contributed by atoms with E-state index in [1.165, 1.54) is 0 Å². The number of carbonyl (C=O) groups is 1. The summed E-state index contributed by atoms with van der Waals surface area (Å²) in [5.41, 5.74) is 1.73. The van der Waals surface area contributed by atoms with Gasteiger partial charge in [0.25, 0.3) is 0 Å². The maximum Gasteiger partial charge on any atom is 0.413 e. The molecule has 102 valence electrons. The molecular formula is C13H20BrNO3. The number of halogens is 1. The summed E-state index contributed by atoms with van der Waals surface area (Å²) < 4.78 is 11.0. The summed E-state index contributed by atoms with van der Waals surface area (Å²) in [4.78, 5) is 15.4. The van der Waals surface area contributed by atoms with E-state index in [0.717, 1.165) is 0 Å². The number of hydrogen-bond donors (Lipinski definition) is 0. The molecule has 0 N–H and O–H groups in total. The third-order valence-electron chi connectivity index (χ3n) is 2.46. The molecule has 1 amide bonds. The Kier molecular flexibility index (Phi) is 4.65. The standard InChI is InChI=1S/C13H20BrNO3/c1-12(2,3)18-11(16)15-10(7-6-8-14)9-17-13(15,4)5/h7-8,10H,9H2,1-5H3/t6?,10-/m1/s1. The van der Waals surface area contributed by atoms with Gasteiger partial charge in [-0.05, 0) is 40.7 Å². The number of amides is 1. The molecule has 0 aromatic heterocycles. The van der Waals surface area contributed by atoms with Gasteiger partial charge < -0.3 is 9.47 Å². The fourth-order valence-corrected chi connectivity index (χ4v) is 1.92. The monoisotopic (exact) mass is 317 g/mol. The Balaban J connectivity index is 2.92. The Labute approximate surface area is 117 Å². The van der Waals surface area contributed by atoms with Crippen LogP contribution in [0.1, 0.15) is 34.6 Å². The van der Waals surface area contributed by atoms with Crippen LogP contribution in [0.4, 0.5) is 4.79 Å². The lowest BCUT2D eigenvalue weighted by Gasteiger charge is -2.34. The third kappa shape index (κ3) is 3.87. The van der Waals surface area contributed by atoms with E-state index in [9.17, 15) is 4.79 Å². The van der Waals surface area contributed by atoms with E-state index < -0.39 is 11.3 Å². The second-order valence-corrected chi connectivity index (χ2v) is 6.08. The molecule has 0 bridgehead atoms. The number of ether oxygens (including phenoxy) is 2. The first-order chi connectivity index (χ1) is 8.17. The van der Waals surface area contributed by atoms with Crippen molar-refractivity contribution in [3.63, 3.8) is 0 Å². The molecule has 5 heteroatoms. The average molecular weight is 318 g/mol. The van der Waals surface area contributed by atoms with Crippen molar-refractivity contribution in [3.05, 3.63) is 16.8 Å². The van der Waals surface area contributed by atoms with Crippen molar-refractivity contribution >= 4 is 22.0 Å². The Hall–Kier alpha value is -0.770. The van der Waals surface area contributed by atoms with E-state index in [1.807, 2.05) is 34.6 Å². The second kappa shape index (κ2) is 5.47. The highest BCUT2D eigenvalue weighted by molar-refractivity contribution is 9.11. The van der Waals surface area contributed by atoms with Crippen molar-refractivity contribution in [2.75, 3.05) is 6.61 Å². The molecule has 4 nitrogen and oxygen atoms in total. The molecule has 0 saturated carbocycles. The predicted molar refractivity (Wildman–Crippen MR) is 73.5 cm³/mol. The molecule has 18 heavy (non-hydrogen) atoms. The first kappa shape index (κ1) is 15.3. The van der Waals surface area contributed by atoms with E-state index in [-0.39, 0.29) is 12.1 Å². The quantitative estimate of drug-likeness (QED) is 0.695. The molecule has 1 rings (SSSR count). The zero-order valence-electron chi connectivity index (χ0n) is 11.5. The lowest BCUT2D eigenvalue weighted by molar-refractivity contribution is -0.0610. The van der Waals surface area contributed by atoms with Crippen molar-refractivity contribution in [2.24, 2.45) is 0 Å². The fraction of sp³-hybridized carbons (Fsp3) is 0.692. The smallest absolute Gasteiger partial charge is 0.413 e.